The quantitative estimate of drug-likeness (QED) is 0.792. The summed E-state index contributed by atoms with van der Waals surface area (Å²) in [5.74, 6) is -0.322. The molecule has 0 unspecified atom stereocenters. The fourth-order valence-electron chi connectivity index (χ4n) is 2.31. The topological polar surface area (TPSA) is 47.4 Å². The highest BCUT2D eigenvalue weighted by atomic mass is 16.5. The molecule has 1 aromatic heterocycles. The highest BCUT2D eigenvalue weighted by Gasteiger charge is 2.15. The summed E-state index contributed by atoms with van der Waals surface area (Å²) in [6.45, 7) is 2.76. The Morgan fingerprint density at radius 2 is 2.10 bits per heavy atom. The minimum absolute atomic E-state index is 0.322. The summed E-state index contributed by atoms with van der Waals surface area (Å²) < 4.78 is 6.72. The van der Waals surface area contributed by atoms with E-state index in [0.717, 1.165) is 23.5 Å². The van der Waals surface area contributed by atoms with E-state index in [1.165, 1.54) is 7.11 Å². The van der Waals surface area contributed by atoms with Crippen molar-refractivity contribution in [1.82, 2.24) is 9.78 Å². The number of carbonyl (C=O) groups is 1. The van der Waals surface area contributed by atoms with Crippen LogP contribution in [0.2, 0.25) is 0 Å². The Morgan fingerprint density at radius 3 is 2.71 bits per heavy atom. The molecule has 1 heterocycles. The molecule has 0 aliphatic rings. The summed E-state index contributed by atoms with van der Waals surface area (Å²) in [7, 11) is 5.29. The van der Waals surface area contributed by atoms with Gasteiger partial charge in [0.1, 0.15) is 0 Å². The molecule has 5 heteroatoms. The molecule has 5 nitrogen and oxygen atoms in total. The van der Waals surface area contributed by atoms with Gasteiger partial charge in [0.05, 0.1) is 36.3 Å². The van der Waals surface area contributed by atoms with Gasteiger partial charge in [-0.3, -0.25) is 4.68 Å². The predicted octanol–water partition coefficient (Wildman–Crippen LogP) is 2.41. The molecule has 0 atom stereocenters. The molecule has 0 bridgehead atoms. The predicted molar refractivity (Wildman–Crippen MR) is 82.5 cm³/mol. The van der Waals surface area contributed by atoms with Gasteiger partial charge in [-0.25, -0.2) is 4.79 Å². The second-order valence-electron chi connectivity index (χ2n) is 4.97. The molecule has 2 rings (SSSR count). The Bertz CT molecular complexity index is 634. The molecule has 1 aromatic carbocycles. The molecule has 0 saturated carbocycles. The van der Waals surface area contributed by atoms with Crippen LogP contribution in [0.1, 0.15) is 28.7 Å². The zero-order valence-electron chi connectivity index (χ0n) is 13.0. The number of ether oxygens (including phenoxy) is 1. The van der Waals surface area contributed by atoms with Crippen molar-refractivity contribution in [3.63, 3.8) is 0 Å². The number of esters is 1. The Hall–Kier alpha value is -2.30. The third-order valence-electron chi connectivity index (χ3n) is 3.51. The van der Waals surface area contributed by atoms with Crippen LogP contribution in [0.25, 0.3) is 0 Å². The van der Waals surface area contributed by atoms with Crippen molar-refractivity contribution in [2.24, 2.45) is 7.05 Å². The summed E-state index contributed by atoms with van der Waals surface area (Å²) in [4.78, 5) is 13.9. The van der Waals surface area contributed by atoms with Crippen molar-refractivity contribution in [2.45, 2.75) is 19.9 Å². The first kappa shape index (κ1) is 15.1. The van der Waals surface area contributed by atoms with Gasteiger partial charge in [-0.2, -0.15) is 5.10 Å². The van der Waals surface area contributed by atoms with E-state index in [9.17, 15) is 4.79 Å². The maximum atomic E-state index is 11.8. The zero-order chi connectivity index (χ0) is 15.4. The Balaban J connectivity index is 2.26. The molecule has 0 aliphatic carbocycles. The lowest BCUT2D eigenvalue weighted by Gasteiger charge is -2.21. The highest BCUT2D eigenvalue weighted by Crippen LogP contribution is 2.22. The number of benzene rings is 1. The van der Waals surface area contributed by atoms with Crippen LogP contribution in [0, 0.1) is 0 Å². The highest BCUT2D eigenvalue weighted by molar-refractivity contribution is 5.95. The van der Waals surface area contributed by atoms with Gasteiger partial charge in [0, 0.05) is 14.1 Å². The summed E-state index contributed by atoms with van der Waals surface area (Å²) in [6, 6.07) is 9.54. The third-order valence-corrected chi connectivity index (χ3v) is 3.51. The van der Waals surface area contributed by atoms with E-state index in [1.807, 2.05) is 41.9 Å². The van der Waals surface area contributed by atoms with E-state index in [0.29, 0.717) is 12.1 Å². The summed E-state index contributed by atoms with van der Waals surface area (Å²) in [5, 5.41) is 4.45. The Morgan fingerprint density at radius 1 is 1.38 bits per heavy atom. The number of para-hydroxylation sites is 1. The second-order valence-corrected chi connectivity index (χ2v) is 4.97. The second kappa shape index (κ2) is 6.43. The number of aryl methyl sites for hydroxylation is 2. The molecule has 0 spiro atoms. The van der Waals surface area contributed by atoms with Crippen LogP contribution in [-0.4, -0.2) is 29.9 Å². The first-order valence-corrected chi connectivity index (χ1v) is 6.97. The number of anilines is 1. The van der Waals surface area contributed by atoms with Crippen molar-refractivity contribution >= 4 is 11.7 Å². The molecule has 0 aliphatic heterocycles. The largest absolute Gasteiger partial charge is 0.465 e. The molecule has 0 radical (unpaired) electrons. The number of hydrogen-bond acceptors (Lipinski definition) is 4. The van der Waals surface area contributed by atoms with Crippen LogP contribution >= 0.6 is 0 Å². The molecular formula is C16H21N3O2. The van der Waals surface area contributed by atoms with Crippen LogP contribution in [0.3, 0.4) is 0 Å². The van der Waals surface area contributed by atoms with Gasteiger partial charge in [-0.1, -0.05) is 19.1 Å². The molecule has 2 aromatic rings. The molecule has 21 heavy (non-hydrogen) atoms. The van der Waals surface area contributed by atoms with Gasteiger partial charge >= 0.3 is 5.97 Å². The number of nitrogens with zero attached hydrogens (tertiary/aromatic N) is 3. The van der Waals surface area contributed by atoms with Crippen molar-refractivity contribution < 1.29 is 9.53 Å². The maximum Gasteiger partial charge on any atom is 0.339 e. The monoisotopic (exact) mass is 287 g/mol. The average Bonchev–Trinajstić information content (AvgIpc) is 2.86. The van der Waals surface area contributed by atoms with E-state index in [1.54, 1.807) is 6.07 Å². The molecule has 112 valence electrons. The van der Waals surface area contributed by atoms with Crippen LogP contribution in [-0.2, 0) is 24.8 Å². The first-order valence-electron chi connectivity index (χ1n) is 6.97. The van der Waals surface area contributed by atoms with Crippen LogP contribution < -0.4 is 4.90 Å². The molecule has 0 fully saturated rings. The number of methoxy groups -OCH3 is 1. The minimum Gasteiger partial charge on any atom is -0.465 e. The van der Waals surface area contributed by atoms with Gasteiger partial charge in [0.15, 0.2) is 0 Å². The summed E-state index contributed by atoms with van der Waals surface area (Å²) in [5.41, 5.74) is 3.60. The van der Waals surface area contributed by atoms with Crippen molar-refractivity contribution in [3.8, 4) is 0 Å². The van der Waals surface area contributed by atoms with Crippen molar-refractivity contribution in [2.75, 3.05) is 19.1 Å². The van der Waals surface area contributed by atoms with Crippen LogP contribution in [0.15, 0.2) is 30.3 Å². The maximum absolute atomic E-state index is 11.8. The SMILES string of the molecule is CCc1cc(CN(C)c2ccccc2C(=O)OC)n(C)n1. The average molecular weight is 287 g/mol. The minimum atomic E-state index is -0.322. The van der Waals surface area contributed by atoms with Gasteiger partial charge in [0.25, 0.3) is 0 Å². The van der Waals surface area contributed by atoms with E-state index in [4.69, 9.17) is 4.74 Å². The fraction of sp³-hybridized carbons (Fsp3) is 0.375. The van der Waals surface area contributed by atoms with Crippen LogP contribution in [0.5, 0.6) is 0 Å². The van der Waals surface area contributed by atoms with Crippen molar-refractivity contribution in [1.29, 1.82) is 0 Å². The Labute approximate surface area is 125 Å². The van der Waals surface area contributed by atoms with E-state index in [2.05, 4.69) is 18.1 Å². The van der Waals surface area contributed by atoms with E-state index >= 15 is 0 Å². The standard InChI is InChI=1S/C16H21N3O2/c1-5-12-10-13(19(3)17-12)11-18(2)15-9-7-6-8-14(15)16(20)21-4/h6-10H,5,11H2,1-4H3. The number of hydrogen-bond donors (Lipinski definition) is 0. The van der Waals surface area contributed by atoms with E-state index in [-0.39, 0.29) is 5.97 Å². The summed E-state index contributed by atoms with van der Waals surface area (Å²) >= 11 is 0. The lowest BCUT2D eigenvalue weighted by molar-refractivity contribution is 0.0601. The van der Waals surface area contributed by atoms with Crippen molar-refractivity contribution in [3.05, 3.63) is 47.3 Å². The fourth-order valence-corrected chi connectivity index (χ4v) is 2.31. The van der Waals surface area contributed by atoms with Crippen LogP contribution in [0.4, 0.5) is 5.69 Å². The number of aromatic nitrogens is 2. The van der Waals surface area contributed by atoms with Gasteiger partial charge < -0.3 is 9.64 Å². The van der Waals surface area contributed by atoms with Gasteiger partial charge in [-0.05, 0) is 24.6 Å². The van der Waals surface area contributed by atoms with Gasteiger partial charge in [-0.15, -0.1) is 0 Å². The van der Waals surface area contributed by atoms with Gasteiger partial charge in [0.2, 0.25) is 0 Å². The molecule has 0 amide bonds. The Kier molecular flexibility index (Phi) is 4.62. The molecular weight excluding hydrogens is 266 g/mol. The number of carbonyl (C=O) groups excluding carboxylic acids is 1. The first-order chi connectivity index (χ1) is 10.1. The summed E-state index contributed by atoms with van der Waals surface area (Å²) in [6.07, 6.45) is 0.913. The smallest absolute Gasteiger partial charge is 0.339 e. The lowest BCUT2D eigenvalue weighted by Crippen LogP contribution is -2.21. The van der Waals surface area contributed by atoms with E-state index < -0.39 is 0 Å². The normalized spacial score (nSPS) is 10.5. The zero-order valence-corrected chi connectivity index (χ0v) is 13.0. The lowest BCUT2D eigenvalue weighted by atomic mass is 10.1. The molecule has 0 N–H and O–H groups in total. The third kappa shape index (κ3) is 3.24. The molecule has 0 saturated heterocycles. The number of rotatable bonds is 5.